The van der Waals surface area contributed by atoms with E-state index >= 15 is 0 Å². The summed E-state index contributed by atoms with van der Waals surface area (Å²) in [6.07, 6.45) is 1.14. The highest BCUT2D eigenvalue weighted by Crippen LogP contribution is 2.26. The molecule has 0 bridgehead atoms. The molecule has 1 heterocycles. The van der Waals surface area contributed by atoms with Crippen LogP contribution in [0.1, 0.15) is 32.3 Å². The Morgan fingerprint density at radius 2 is 1.77 bits per heavy atom. The Morgan fingerprint density at radius 3 is 2.54 bits per heavy atom. The van der Waals surface area contributed by atoms with Crippen molar-refractivity contribution < 1.29 is 4.79 Å². The van der Waals surface area contributed by atoms with Crippen LogP contribution in [-0.4, -0.2) is 22.0 Å². The summed E-state index contributed by atoms with van der Waals surface area (Å²) in [5, 5.41) is 2.97. The Hall–Kier alpha value is -2.82. The van der Waals surface area contributed by atoms with Gasteiger partial charge in [-0.05, 0) is 29.5 Å². The van der Waals surface area contributed by atoms with E-state index in [9.17, 15) is 9.59 Å². The lowest BCUT2D eigenvalue weighted by atomic mass is 9.81. The van der Waals surface area contributed by atoms with E-state index in [1.165, 1.54) is 0 Å². The molecule has 0 saturated carbocycles. The summed E-state index contributed by atoms with van der Waals surface area (Å²) in [5.41, 5.74) is 2.57. The highest BCUT2D eigenvalue weighted by atomic mass is 16.2. The molecule has 0 aliphatic carbocycles. The average molecular weight is 351 g/mol. The van der Waals surface area contributed by atoms with Crippen LogP contribution in [0.4, 0.5) is 0 Å². The fourth-order valence-corrected chi connectivity index (χ4v) is 3.25. The third kappa shape index (κ3) is 4.04. The number of aromatic amines is 1. The maximum Gasteiger partial charge on any atom is 0.326 e. The van der Waals surface area contributed by atoms with Gasteiger partial charge < -0.3 is 10.3 Å². The molecule has 0 aliphatic heterocycles. The Bertz CT molecular complexity index is 939. The first-order chi connectivity index (χ1) is 12.5. The van der Waals surface area contributed by atoms with Crippen LogP contribution in [0.25, 0.3) is 11.0 Å². The van der Waals surface area contributed by atoms with Crippen LogP contribution in [0.15, 0.2) is 59.4 Å². The number of H-pyrrole nitrogens is 1. The van der Waals surface area contributed by atoms with Crippen LogP contribution in [0.5, 0.6) is 0 Å². The SMILES string of the molecule is CC(C)(CC(=O)NCCCn1c(=O)[nH]c2ccccc21)c1ccccc1. The van der Waals surface area contributed by atoms with Crippen molar-refractivity contribution >= 4 is 16.9 Å². The summed E-state index contributed by atoms with van der Waals surface area (Å²) in [4.78, 5) is 27.2. The van der Waals surface area contributed by atoms with Gasteiger partial charge in [0.2, 0.25) is 5.91 Å². The fraction of sp³-hybridized carbons (Fsp3) is 0.333. The van der Waals surface area contributed by atoms with Crippen LogP contribution in [-0.2, 0) is 16.8 Å². The molecule has 5 nitrogen and oxygen atoms in total. The second kappa shape index (κ2) is 7.60. The number of fused-ring (bicyclic) bond motifs is 1. The van der Waals surface area contributed by atoms with Gasteiger partial charge in [0.05, 0.1) is 11.0 Å². The lowest BCUT2D eigenvalue weighted by Crippen LogP contribution is -2.32. The molecule has 2 aromatic carbocycles. The van der Waals surface area contributed by atoms with Gasteiger partial charge in [-0.2, -0.15) is 0 Å². The third-order valence-electron chi connectivity index (χ3n) is 4.72. The summed E-state index contributed by atoms with van der Waals surface area (Å²) in [6, 6.07) is 17.7. The molecule has 3 rings (SSSR count). The number of carbonyl (C=O) groups excluding carboxylic acids is 1. The van der Waals surface area contributed by atoms with Gasteiger partial charge in [-0.15, -0.1) is 0 Å². The second-order valence-corrected chi connectivity index (χ2v) is 7.23. The monoisotopic (exact) mass is 351 g/mol. The number of imidazole rings is 1. The molecule has 0 spiro atoms. The van der Waals surface area contributed by atoms with E-state index < -0.39 is 0 Å². The van der Waals surface area contributed by atoms with Crippen molar-refractivity contribution in [1.82, 2.24) is 14.9 Å². The summed E-state index contributed by atoms with van der Waals surface area (Å²) in [5.74, 6) is 0.0325. The van der Waals surface area contributed by atoms with Crippen molar-refractivity contribution in [3.05, 3.63) is 70.6 Å². The first-order valence-electron chi connectivity index (χ1n) is 8.97. The quantitative estimate of drug-likeness (QED) is 0.642. The maximum atomic E-state index is 12.3. The molecule has 0 unspecified atom stereocenters. The fourth-order valence-electron chi connectivity index (χ4n) is 3.25. The number of para-hydroxylation sites is 2. The topological polar surface area (TPSA) is 66.9 Å². The van der Waals surface area contributed by atoms with E-state index in [1.807, 2.05) is 42.5 Å². The van der Waals surface area contributed by atoms with Crippen molar-refractivity contribution in [3.8, 4) is 0 Å². The Labute approximate surface area is 153 Å². The van der Waals surface area contributed by atoms with Gasteiger partial charge in [-0.25, -0.2) is 4.79 Å². The minimum absolute atomic E-state index is 0.0325. The Morgan fingerprint density at radius 1 is 1.08 bits per heavy atom. The largest absolute Gasteiger partial charge is 0.356 e. The molecule has 0 saturated heterocycles. The van der Waals surface area contributed by atoms with Crippen molar-refractivity contribution in [2.24, 2.45) is 0 Å². The lowest BCUT2D eigenvalue weighted by molar-refractivity contribution is -0.122. The third-order valence-corrected chi connectivity index (χ3v) is 4.72. The van der Waals surface area contributed by atoms with Crippen molar-refractivity contribution in [2.75, 3.05) is 6.54 Å². The lowest BCUT2D eigenvalue weighted by Gasteiger charge is -2.24. The molecule has 1 amide bonds. The molecular weight excluding hydrogens is 326 g/mol. The molecule has 3 aromatic rings. The summed E-state index contributed by atoms with van der Waals surface area (Å²) >= 11 is 0. The number of benzene rings is 2. The van der Waals surface area contributed by atoms with Gasteiger partial charge in [0, 0.05) is 19.5 Å². The van der Waals surface area contributed by atoms with Gasteiger partial charge in [0.15, 0.2) is 0 Å². The standard InChI is InChI=1S/C21H25N3O2/c1-21(2,16-9-4-3-5-10-16)15-19(25)22-13-8-14-24-18-12-7-6-11-17(18)23-20(24)26/h3-7,9-12H,8,13-15H2,1-2H3,(H,22,25)(H,23,26). The smallest absolute Gasteiger partial charge is 0.326 e. The molecule has 136 valence electrons. The Kier molecular flexibility index (Phi) is 5.26. The minimum Gasteiger partial charge on any atom is -0.356 e. The van der Waals surface area contributed by atoms with Crippen molar-refractivity contribution in [2.45, 2.75) is 38.6 Å². The van der Waals surface area contributed by atoms with Crippen LogP contribution in [0.2, 0.25) is 0 Å². The minimum atomic E-state index is -0.209. The number of aryl methyl sites for hydroxylation is 1. The molecule has 0 radical (unpaired) electrons. The first kappa shape index (κ1) is 18.0. The molecule has 2 N–H and O–H groups in total. The second-order valence-electron chi connectivity index (χ2n) is 7.23. The molecule has 0 fully saturated rings. The first-order valence-corrected chi connectivity index (χ1v) is 8.97. The number of hydrogen-bond acceptors (Lipinski definition) is 2. The van der Waals surface area contributed by atoms with Crippen LogP contribution < -0.4 is 11.0 Å². The molecule has 5 heteroatoms. The van der Waals surface area contributed by atoms with Gasteiger partial charge in [0.25, 0.3) is 0 Å². The molecule has 1 aromatic heterocycles. The summed E-state index contributed by atoms with van der Waals surface area (Å²) in [6.45, 7) is 5.28. The highest BCUT2D eigenvalue weighted by Gasteiger charge is 2.23. The number of hydrogen-bond donors (Lipinski definition) is 2. The van der Waals surface area contributed by atoms with Gasteiger partial charge in [-0.3, -0.25) is 9.36 Å². The number of rotatable bonds is 7. The summed E-state index contributed by atoms with van der Waals surface area (Å²) < 4.78 is 1.72. The number of nitrogens with zero attached hydrogens (tertiary/aromatic N) is 1. The van der Waals surface area contributed by atoms with E-state index in [0.717, 1.165) is 16.6 Å². The van der Waals surface area contributed by atoms with Gasteiger partial charge in [-0.1, -0.05) is 56.3 Å². The maximum absolute atomic E-state index is 12.3. The van der Waals surface area contributed by atoms with Crippen LogP contribution in [0, 0.1) is 0 Å². The van der Waals surface area contributed by atoms with E-state index in [-0.39, 0.29) is 17.0 Å². The number of nitrogens with one attached hydrogen (secondary N) is 2. The van der Waals surface area contributed by atoms with E-state index in [4.69, 9.17) is 0 Å². The number of aromatic nitrogens is 2. The van der Waals surface area contributed by atoms with E-state index in [0.29, 0.717) is 25.9 Å². The zero-order chi connectivity index (χ0) is 18.6. The van der Waals surface area contributed by atoms with E-state index in [2.05, 4.69) is 36.3 Å². The predicted molar refractivity (Wildman–Crippen MR) is 104 cm³/mol. The zero-order valence-electron chi connectivity index (χ0n) is 15.3. The predicted octanol–water partition coefficient (Wildman–Crippen LogP) is 3.20. The van der Waals surface area contributed by atoms with Gasteiger partial charge in [0.1, 0.15) is 0 Å². The Balaban J connectivity index is 1.51. The van der Waals surface area contributed by atoms with Crippen molar-refractivity contribution in [3.63, 3.8) is 0 Å². The zero-order valence-corrected chi connectivity index (χ0v) is 15.3. The molecule has 0 aliphatic rings. The van der Waals surface area contributed by atoms with E-state index in [1.54, 1.807) is 4.57 Å². The van der Waals surface area contributed by atoms with Crippen molar-refractivity contribution in [1.29, 1.82) is 0 Å². The number of carbonyl (C=O) groups is 1. The number of amides is 1. The highest BCUT2D eigenvalue weighted by molar-refractivity contribution is 5.77. The van der Waals surface area contributed by atoms with Crippen LogP contribution in [0.3, 0.4) is 0 Å². The normalized spacial score (nSPS) is 11.6. The molecule has 0 atom stereocenters. The van der Waals surface area contributed by atoms with Gasteiger partial charge >= 0.3 is 5.69 Å². The van der Waals surface area contributed by atoms with Crippen LogP contribution >= 0.6 is 0 Å². The summed E-state index contributed by atoms with van der Waals surface area (Å²) in [7, 11) is 0. The molecule has 26 heavy (non-hydrogen) atoms. The molecular formula is C21H25N3O2. The average Bonchev–Trinajstić information content (AvgIpc) is 2.94.